The molecule has 39 heavy (non-hydrogen) atoms. The maximum Gasteiger partial charge on any atom is 0.270 e. The SMILES string of the molecule is CC(=O)NCCNc1nc(-c2ccccc2)nc2[nH]c(C(=O)N3CCC(CCO)(c4ccccc4)CC3)cc12. The van der Waals surface area contributed by atoms with Gasteiger partial charge in [-0.25, -0.2) is 9.97 Å². The first-order valence-corrected chi connectivity index (χ1v) is 13.4. The van der Waals surface area contributed by atoms with E-state index in [2.05, 4.69) is 27.8 Å². The van der Waals surface area contributed by atoms with Gasteiger partial charge in [0.25, 0.3) is 5.91 Å². The average molecular weight is 527 g/mol. The molecule has 5 rings (SSSR count). The number of hydrogen-bond donors (Lipinski definition) is 4. The van der Waals surface area contributed by atoms with Crippen molar-refractivity contribution in [2.75, 3.05) is 38.1 Å². The minimum absolute atomic E-state index is 0.0795. The summed E-state index contributed by atoms with van der Waals surface area (Å²) in [4.78, 5) is 39.5. The van der Waals surface area contributed by atoms with Gasteiger partial charge in [0.1, 0.15) is 17.2 Å². The molecular formula is C30H34N6O3. The molecule has 2 aromatic heterocycles. The number of piperidine rings is 1. The molecule has 1 fully saturated rings. The summed E-state index contributed by atoms with van der Waals surface area (Å²) in [5.74, 6) is 0.967. The number of aromatic amines is 1. The molecule has 0 bridgehead atoms. The third-order valence-corrected chi connectivity index (χ3v) is 7.53. The molecule has 0 aliphatic carbocycles. The fourth-order valence-corrected chi connectivity index (χ4v) is 5.39. The highest BCUT2D eigenvalue weighted by molar-refractivity contribution is 6.00. The van der Waals surface area contributed by atoms with Gasteiger partial charge in [0.2, 0.25) is 5.91 Å². The summed E-state index contributed by atoms with van der Waals surface area (Å²) in [6.07, 6.45) is 2.26. The number of anilines is 1. The summed E-state index contributed by atoms with van der Waals surface area (Å²) in [6.45, 7) is 3.73. The van der Waals surface area contributed by atoms with Gasteiger partial charge in [0.05, 0.1) is 5.39 Å². The first-order chi connectivity index (χ1) is 19.0. The molecule has 2 aromatic carbocycles. The number of hydrogen-bond acceptors (Lipinski definition) is 6. The maximum atomic E-state index is 13.6. The number of carbonyl (C=O) groups is 2. The molecule has 3 heterocycles. The molecule has 0 atom stereocenters. The Morgan fingerprint density at radius 3 is 2.36 bits per heavy atom. The number of nitrogens with one attached hydrogen (secondary N) is 3. The minimum Gasteiger partial charge on any atom is -0.396 e. The highest BCUT2D eigenvalue weighted by Crippen LogP contribution is 2.39. The van der Waals surface area contributed by atoms with Crippen LogP contribution in [0.3, 0.4) is 0 Å². The summed E-state index contributed by atoms with van der Waals surface area (Å²) < 4.78 is 0. The number of nitrogens with zero attached hydrogens (tertiary/aromatic N) is 3. The molecule has 0 unspecified atom stereocenters. The Hall–Kier alpha value is -4.24. The van der Waals surface area contributed by atoms with Gasteiger partial charge in [-0.05, 0) is 30.9 Å². The molecule has 1 aliphatic rings. The number of amides is 2. The lowest BCUT2D eigenvalue weighted by Crippen LogP contribution is -2.45. The number of aliphatic hydroxyl groups is 1. The number of likely N-dealkylation sites (tertiary alicyclic amines) is 1. The molecule has 0 saturated carbocycles. The first kappa shape index (κ1) is 26.4. The first-order valence-electron chi connectivity index (χ1n) is 13.4. The Kier molecular flexibility index (Phi) is 7.88. The highest BCUT2D eigenvalue weighted by Gasteiger charge is 2.37. The number of benzene rings is 2. The highest BCUT2D eigenvalue weighted by atomic mass is 16.3. The molecule has 4 N–H and O–H groups in total. The molecule has 9 nitrogen and oxygen atoms in total. The van der Waals surface area contributed by atoms with Crippen molar-refractivity contribution in [1.29, 1.82) is 0 Å². The monoisotopic (exact) mass is 526 g/mol. The second-order valence-electron chi connectivity index (χ2n) is 10.0. The van der Waals surface area contributed by atoms with Gasteiger partial charge in [-0.3, -0.25) is 9.59 Å². The zero-order valence-corrected chi connectivity index (χ0v) is 22.1. The topological polar surface area (TPSA) is 123 Å². The quantitative estimate of drug-likeness (QED) is 0.247. The van der Waals surface area contributed by atoms with Crippen molar-refractivity contribution < 1.29 is 14.7 Å². The van der Waals surface area contributed by atoms with Crippen LogP contribution in [-0.4, -0.2) is 69.6 Å². The van der Waals surface area contributed by atoms with Crippen LogP contribution in [0.1, 0.15) is 42.2 Å². The number of H-pyrrole nitrogens is 1. The largest absolute Gasteiger partial charge is 0.396 e. The molecule has 1 saturated heterocycles. The van der Waals surface area contributed by atoms with E-state index in [4.69, 9.17) is 9.97 Å². The second kappa shape index (κ2) is 11.7. The Labute approximate surface area is 227 Å². The van der Waals surface area contributed by atoms with Crippen LogP contribution in [0, 0.1) is 0 Å². The summed E-state index contributed by atoms with van der Waals surface area (Å²) in [5.41, 5.74) is 2.99. The van der Waals surface area contributed by atoms with Gasteiger partial charge in [0.15, 0.2) is 5.82 Å². The fraction of sp³-hybridized carbons (Fsp3) is 0.333. The van der Waals surface area contributed by atoms with Crippen LogP contribution in [0.4, 0.5) is 5.82 Å². The number of aromatic nitrogens is 3. The van der Waals surface area contributed by atoms with Gasteiger partial charge < -0.3 is 25.6 Å². The van der Waals surface area contributed by atoms with Crippen molar-refractivity contribution in [2.24, 2.45) is 0 Å². The zero-order chi connectivity index (χ0) is 27.2. The molecule has 202 valence electrons. The lowest BCUT2D eigenvalue weighted by Gasteiger charge is -2.42. The van der Waals surface area contributed by atoms with Gasteiger partial charge in [-0.15, -0.1) is 0 Å². The van der Waals surface area contributed by atoms with Crippen LogP contribution in [0.2, 0.25) is 0 Å². The average Bonchev–Trinajstić information content (AvgIpc) is 3.41. The van der Waals surface area contributed by atoms with Gasteiger partial charge in [-0.1, -0.05) is 60.7 Å². The lowest BCUT2D eigenvalue weighted by molar-refractivity contribution is -0.118. The fourth-order valence-electron chi connectivity index (χ4n) is 5.39. The third-order valence-electron chi connectivity index (χ3n) is 7.53. The number of rotatable bonds is 9. The normalized spacial score (nSPS) is 14.8. The Bertz CT molecular complexity index is 1430. The van der Waals surface area contributed by atoms with E-state index in [0.29, 0.717) is 55.6 Å². The van der Waals surface area contributed by atoms with Crippen LogP contribution in [-0.2, 0) is 10.2 Å². The minimum atomic E-state index is -0.131. The Balaban J connectivity index is 1.39. The van der Waals surface area contributed by atoms with Crippen molar-refractivity contribution in [3.05, 3.63) is 78.0 Å². The van der Waals surface area contributed by atoms with Crippen LogP contribution in [0.5, 0.6) is 0 Å². The van der Waals surface area contributed by atoms with Crippen LogP contribution < -0.4 is 10.6 Å². The van der Waals surface area contributed by atoms with E-state index in [9.17, 15) is 14.7 Å². The molecule has 2 amide bonds. The third kappa shape index (κ3) is 5.78. The van der Waals surface area contributed by atoms with E-state index in [0.717, 1.165) is 23.8 Å². The Morgan fingerprint density at radius 1 is 1.00 bits per heavy atom. The number of aliphatic hydroxyl groups excluding tert-OH is 1. The zero-order valence-electron chi connectivity index (χ0n) is 22.1. The summed E-state index contributed by atoms with van der Waals surface area (Å²) in [7, 11) is 0. The lowest BCUT2D eigenvalue weighted by atomic mass is 9.70. The molecule has 4 aromatic rings. The van der Waals surface area contributed by atoms with E-state index in [1.54, 1.807) is 6.07 Å². The van der Waals surface area contributed by atoms with E-state index < -0.39 is 0 Å². The van der Waals surface area contributed by atoms with Crippen LogP contribution in [0.15, 0.2) is 66.7 Å². The van der Waals surface area contributed by atoms with Crippen molar-refractivity contribution in [1.82, 2.24) is 25.2 Å². The van der Waals surface area contributed by atoms with Gasteiger partial charge in [0, 0.05) is 50.7 Å². The van der Waals surface area contributed by atoms with Gasteiger partial charge in [-0.2, -0.15) is 0 Å². The smallest absolute Gasteiger partial charge is 0.270 e. The van der Waals surface area contributed by atoms with Crippen molar-refractivity contribution in [2.45, 2.75) is 31.6 Å². The van der Waals surface area contributed by atoms with E-state index >= 15 is 0 Å². The van der Waals surface area contributed by atoms with Crippen molar-refractivity contribution in [3.63, 3.8) is 0 Å². The van der Waals surface area contributed by atoms with E-state index in [1.165, 1.54) is 12.5 Å². The molecule has 0 radical (unpaired) electrons. The number of carbonyl (C=O) groups excluding carboxylic acids is 2. The molecule has 9 heteroatoms. The van der Waals surface area contributed by atoms with Crippen LogP contribution in [0.25, 0.3) is 22.4 Å². The predicted octanol–water partition coefficient (Wildman–Crippen LogP) is 3.73. The molecular weight excluding hydrogens is 492 g/mol. The number of fused-ring (bicyclic) bond motifs is 1. The van der Waals surface area contributed by atoms with Gasteiger partial charge >= 0.3 is 0 Å². The summed E-state index contributed by atoms with van der Waals surface area (Å²) in [5, 5.41) is 16.6. The van der Waals surface area contributed by atoms with Crippen LogP contribution >= 0.6 is 0 Å². The van der Waals surface area contributed by atoms with Crippen molar-refractivity contribution >= 4 is 28.7 Å². The standard InChI is InChI=1S/C30H34N6O3/c1-21(38)31-15-16-32-27-24-20-25(33-28(24)35-26(34-27)22-8-4-2-5-9-22)29(39)36-17-12-30(13-18-36,14-19-37)23-10-6-3-7-11-23/h2-11,20,37H,12-19H2,1H3,(H,31,38)(H2,32,33,34,35). The Morgan fingerprint density at radius 2 is 1.69 bits per heavy atom. The van der Waals surface area contributed by atoms with E-state index in [-0.39, 0.29) is 23.8 Å². The second-order valence-corrected chi connectivity index (χ2v) is 10.0. The summed E-state index contributed by atoms with van der Waals surface area (Å²) in [6, 6.07) is 21.8. The molecule has 0 spiro atoms. The van der Waals surface area contributed by atoms with Crippen molar-refractivity contribution in [3.8, 4) is 11.4 Å². The predicted molar refractivity (Wildman–Crippen MR) is 151 cm³/mol. The summed E-state index contributed by atoms with van der Waals surface area (Å²) >= 11 is 0. The molecule has 1 aliphatic heterocycles. The van der Waals surface area contributed by atoms with E-state index in [1.807, 2.05) is 53.4 Å². The maximum absolute atomic E-state index is 13.6.